The fraction of sp³-hybridized carbons (Fsp3) is 0.333. The first-order valence-electron chi connectivity index (χ1n) is 3.91. The Morgan fingerprint density at radius 3 is 2.50 bits per heavy atom. The van der Waals surface area contributed by atoms with Crippen molar-refractivity contribution in [2.75, 3.05) is 0 Å². The van der Waals surface area contributed by atoms with Crippen molar-refractivity contribution >= 4 is 13.9 Å². The largest absolute Gasteiger partial charge is 0.507 e. The number of imidazole rings is 1. The van der Waals surface area contributed by atoms with Crippen LogP contribution in [0.4, 0.5) is 4.20 Å². The number of aromatic nitrogens is 2. The van der Waals surface area contributed by atoms with Crippen molar-refractivity contribution in [3.63, 3.8) is 0 Å². The van der Waals surface area contributed by atoms with Crippen molar-refractivity contribution in [1.29, 1.82) is 0 Å². The Labute approximate surface area is 89.6 Å². The topological polar surface area (TPSA) is 150 Å². The molecule has 0 aliphatic rings. The van der Waals surface area contributed by atoms with E-state index in [0.29, 0.717) is 5.69 Å². The molecule has 0 amide bonds. The molecule has 1 aromatic heterocycles. The highest BCUT2D eigenvalue weighted by Gasteiger charge is 2.12. The maximum atomic E-state index is 10.4. The number of carboxylic acids is 1. The maximum absolute atomic E-state index is 10.4. The van der Waals surface area contributed by atoms with Crippen LogP contribution in [0.3, 0.4) is 0 Å². The summed E-state index contributed by atoms with van der Waals surface area (Å²) in [6.07, 6.45) is 3.38. The monoisotopic (exact) mass is 255 g/mol. The van der Waals surface area contributed by atoms with Gasteiger partial charge in [0.25, 0.3) is 0 Å². The van der Waals surface area contributed by atoms with Crippen molar-refractivity contribution in [2.24, 2.45) is 5.73 Å². The van der Waals surface area contributed by atoms with Crippen LogP contribution in [0.1, 0.15) is 5.69 Å². The van der Waals surface area contributed by atoms with E-state index in [-0.39, 0.29) is 6.42 Å². The molecule has 10 heteroatoms. The minimum atomic E-state index is -5.14. The standard InChI is InChI=1S/C6H9N3O2.FH2O3P/c7-5(6(10)11)1-4-2-8-3-9-4;1-5(2,3)4/h2-3,5H,1,7H2,(H,8,9)(H,10,11);(H2,2,3,4). The molecule has 0 fully saturated rings. The number of hydrogen-bond acceptors (Lipinski definition) is 4. The van der Waals surface area contributed by atoms with Crippen molar-refractivity contribution < 1.29 is 28.4 Å². The average molecular weight is 255 g/mol. The normalized spacial score (nSPS) is 12.5. The fourth-order valence-corrected chi connectivity index (χ4v) is 0.715. The van der Waals surface area contributed by atoms with Crippen LogP contribution in [0.15, 0.2) is 12.5 Å². The van der Waals surface area contributed by atoms with E-state index in [4.69, 9.17) is 25.2 Å². The quantitative estimate of drug-likeness (QED) is 0.453. The van der Waals surface area contributed by atoms with E-state index in [0.717, 1.165) is 0 Å². The zero-order chi connectivity index (χ0) is 12.8. The maximum Gasteiger partial charge on any atom is 0.507 e. The summed E-state index contributed by atoms with van der Waals surface area (Å²) in [6, 6.07) is -0.863. The molecule has 0 radical (unpaired) electrons. The number of nitrogens with zero attached hydrogens (tertiary/aromatic N) is 1. The van der Waals surface area contributed by atoms with Gasteiger partial charge in [-0.25, -0.2) is 9.55 Å². The van der Waals surface area contributed by atoms with Crippen LogP contribution in [0, 0.1) is 0 Å². The molecule has 1 atom stereocenters. The molecule has 0 aliphatic heterocycles. The summed E-state index contributed by atoms with van der Waals surface area (Å²) in [6.45, 7) is 0. The minimum absolute atomic E-state index is 0.263. The van der Waals surface area contributed by atoms with Gasteiger partial charge in [0, 0.05) is 12.6 Å². The molecule has 1 heterocycles. The SMILES string of the molecule is NC(Cc1c[nH]cn1)C(=O)O.O=P(O)(O)F. The van der Waals surface area contributed by atoms with Gasteiger partial charge in [-0.15, -0.1) is 4.20 Å². The molecule has 1 unspecified atom stereocenters. The lowest BCUT2D eigenvalue weighted by Crippen LogP contribution is -2.32. The van der Waals surface area contributed by atoms with Gasteiger partial charge >= 0.3 is 13.9 Å². The van der Waals surface area contributed by atoms with Crippen molar-refractivity contribution in [2.45, 2.75) is 12.5 Å². The second kappa shape index (κ2) is 6.33. The first-order valence-corrected chi connectivity index (χ1v) is 5.41. The predicted molar refractivity (Wildman–Crippen MR) is 51.1 cm³/mol. The van der Waals surface area contributed by atoms with Crippen LogP contribution >= 0.6 is 7.91 Å². The number of aliphatic carboxylic acids is 1. The Bertz CT molecular complexity index is 356. The van der Waals surface area contributed by atoms with Gasteiger partial charge in [0.15, 0.2) is 0 Å². The lowest BCUT2D eigenvalue weighted by molar-refractivity contribution is -0.138. The fourth-order valence-electron chi connectivity index (χ4n) is 0.715. The molecule has 1 aromatic rings. The van der Waals surface area contributed by atoms with E-state index in [1.807, 2.05) is 0 Å². The summed E-state index contributed by atoms with van der Waals surface area (Å²) in [4.78, 5) is 30.7. The molecule has 0 saturated heterocycles. The lowest BCUT2D eigenvalue weighted by Gasteiger charge is -2.01. The van der Waals surface area contributed by atoms with E-state index in [9.17, 15) is 8.99 Å². The third-order valence-electron chi connectivity index (χ3n) is 1.30. The number of hydrogen-bond donors (Lipinski definition) is 5. The zero-order valence-corrected chi connectivity index (χ0v) is 8.84. The van der Waals surface area contributed by atoms with Gasteiger partial charge in [0.05, 0.1) is 12.0 Å². The smallest absolute Gasteiger partial charge is 0.480 e. The summed E-state index contributed by atoms with van der Waals surface area (Å²) in [5.74, 6) is -1.01. The Balaban J connectivity index is 0.000000385. The van der Waals surface area contributed by atoms with E-state index in [1.54, 1.807) is 6.20 Å². The summed E-state index contributed by atoms with van der Waals surface area (Å²) in [5.41, 5.74) is 5.92. The molecule has 8 nitrogen and oxygen atoms in total. The molecule has 0 aromatic carbocycles. The van der Waals surface area contributed by atoms with Crippen LogP contribution in [0.25, 0.3) is 0 Å². The Morgan fingerprint density at radius 2 is 2.19 bits per heavy atom. The van der Waals surface area contributed by atoms with Crippen LogP contribution in [-0.4, -0.2) is 36.9 Å². The summed E-state index contributed by atoms with van der Waals surface area (Å²) in [7, 11) is -5.14. The van der Waals surface area contributed by atoms with Gasteiger partial charge < -0.3 is 15.8 Å². The molecular formula is C6H11FN3O5P. The molecule has 0 bridgehead atoms. The van der Waals surface area contributed by atoms with E-state index < -0.39 is 19.9 Å². The molecule has 92 valence electrons. The highest BCUT2D eigenvalue weighted by atomic mass is 31.2. The Morgan fingerprint density at radius 1 is 1.69 bits per heavy atom. The second-order valence-corrected chi connectivity index (χ2v) is 3.63. The zero-order valence-electron chi connectivity index (χ0n) is 7.95. The van der Waals surface area contributed by atoms with Gasteiger partial charge in [-0.1, -0.05) is 0 Å². The number of aromatic amines is 1. The Hall–Kier alpha value is -1.28. The van der Waals surface area contributed by atoms with Gasteiger partial charge in [0.1, 0.15) is 6.04 Å². The van der Waals surface area contributed by atoms with Crippen LogP contribution in [-0.2, 0) is 15.8 Å². The minimum Gasteiger partial charge on any atom is -0.480 e. The summed E-state index contributed by atoms with van der Waals surface area (Å²) in [5, 5.41) is 8.42. The second-order valence-electron chi connectivity index (χ2n) is 2.68. The summed E-state index contributed by atoms with van der Waals surface area (Å²) < 4.78 is 19.0. The average Bonchev–Trinajstić information content (AvgIpc) is 2.53. The van der Waals surface area contributed by atoms with Crippen molar-refractivity contribution in [1.82, 2.24) is 9.97 Å². The predicted octanol–water partition coefficient (Wildman–Crippen LogP) is -0.587. The third-order valence-corrected chi connectivity index (χ3v) is 1.30. The van der Waals surface area contributed by atoms with Gasteiger partial charge in [-0.3, -0.25) is 14.6 Å². The Kier molecular flexibility index (Phi) is 5.83. The number of rotatable bonds is 3. The number of carboxylic acid groups (broad SMARTS) is 1. The van der Waals surface area contributed by atoms with Crippen LogP contribution in [0.2, 0.25) is 0 Å². The first-order chi connectivity index (χ1) is 7.20. The summed E-state index contributed by atoms with van der Waals surface area (Å²) >= 11 is 0. The molecule has 0 spiro atoms. The number of halogens is 1. The van der Waals surface area contributed by atoms with Gasteiger partial charge in [0.2, 0.25) is 0 Å². The highest BCUT2D eigenvalue weighted by molar-refractivity contribution is 7.45. The van der Waals surface area contributed by atoms with Crippen LogP contribution < -0.4 is 5.73 Å². The number of H-pyrrole nitrogens is 1. The first kappa shape index (κ1) is 14.7. The van der Waals surface area contributed by atoms with Gasteiger partial charge in [-0.2, -0.15) is 0 Å². The van der Waals surface area contributed by atoms with Crippen molar-refractivity contribution in [3.8, 4) is 0 Å². The molecule has 6 N–H and O–H groups in total. The highest BCUT2D eigenvalue weighted by Crippen LogP contribution is 2.34. The van der Waals surface area contributed by atoms with E-state index >= 15 is 0 Å². The molecular weight excluding hydrogens is 244 g/mol. The van der Waals surface area contributed by atoms with Crippen molar-refractivity contribution in [3.05, 3.63) is 18.2 Å². The third kappa shape index (κ3) is 9.28. The van der Waals surface area contributed by atoms with Crippen LogP contribution in [0.5, 0.6) is 0 Å². The van der Waals surface area contributed by atoms with E-state index in [2.05, 4.69) is 9.97 Å². The van der Waals surface area contributed by atoms with E-state index in [1.165, 1.54) is 6.33 Å². The molecule has 0 aliphatic carbocycles. The van der Waals surface area contributed by atoms with Gasteiger partial charge in [-0.05, 0) is 0 Å². The molecule has 0 saturated carbocycles. The molecule has 16 heavy (non-hydrogen) atoms. The molecule has 1 rings (SSSR count). The number of carbonyl (C=O) groups is 1. The number of nitrogens with one attached hydrogen (secondary N) is 1. The lowest BCUT2D eigenvalue weighted by atomic mass is 10.2. The number of nitrogens with two attached hydrogens (primary N) is 1.